The van der Waals surface area contributed by atoms with Gasteiger partial charge in [0.05, 0.1) is 13.7 Å². The summed E-state index contributed by atoms with van der Waals surface area (Å²) < 4.78 is 5.15. The van der Waals surface area contributed by atoms with Gasteiger partial charge in [-0.3, -0.25) is 4.79 Å². The van der Waals surface area contributed by atoms with Crippen molar-refractivity contribution in [2.24, 2.45) is 5.92 Å². The van der Waals surface area contributed by atoms with Gasteiger partial charge >= 0.3 is 0 Å². The molecule has 1 saturated carbocycles. The van der Waals surface area contributed by atoms with Crippen LogP contribution in [0, 0.1) is 5.92 Å². The van der Waals surface area contributed by atoms with E-state index in [1.165, 1.54) is 12.8 Å². The molecule has 1 aromatic carbocycles. The van der Waals surface area contributed by atoms with Crippen molar-refractivity contribution in [3.63, 3.8) is 0 Å². The maximum Gasteiger partial charge on any atom is 0.233 e. The molecule has 1 amide bonds. The summed E-state index contributed by atoms with van der Waals surface area (Å²) in [6, 6.07) is 7.83. The van der Waals surface area contributed by atoms with Crippen LogP contribution in [0.15, 0.2) is 24.3 Å². The minimum atomic E-state index is 0.0739. The Morgan fingerprint density at radius 3 is 3.00 bits per heavy atom. The summed E-state index contributed by atoms with van der Waals surface area (Å²) >= 11 is 0. The Labute approximate surface area is 108 Å². The number of nitrogens with one attached hydrogen (secondary N) is 2. The summed E-state index contributed by atoms with van der Waals surface area (Å²) in [6.45, 7) is 1.87. The molecule has 0 unspecified atom stereocenters. The molecular weight excluding hydrogens is 228 g/mol. The van der Waals surface area contributed by atoms with E-state index in [0.29, 0.717) is 13.1 Å². The smallest absolute Gasteiger partial charge is 0.233 e. The van der Waals surface area contributed by atoms with E-state index in [2.05, 4.69) is 10.6 Å². The Morgan fingerprint density at radius 2 is 2.28 bits per heavy atom. The molecule has 98 valence electrons. The molecule has 2 N–H and O–H groups in total. The normalized spacial score (nSPS) is 14.3. The van der Waals surface area contributed by atoms with Crippen molar-refractivity contribution in [2.45, 2.75) is 19.4 Å². The molecule has 0 bridgehead atoms. The molecule has 0 radical (unpaired) electrons. The molecule has 4 heteroatoms. The Morgan fingerprint density at radius 1 is 1.44 bits per heavy atom. The summed E-state index contributed by atoms with van der Waals surface area (Å²) in [5.41, 5.74) is 1.12. The van der Waals surface area contributed by atoms with Crippen molar-refractivity contribution in [3.05, 3.63) is 29.8 Å². The molecule has 1 aliphatic carbocycles. The fourth-order valence-corrected chi connectivity index (χ4v) is 1.75. The second kappa shape index (κ2) is 6.40. The first-order chi connectivity index (χ1) is 8.78. The zero-order valence-electron chi connectivity index (χ0n) is 10.7. The van der Waals surface area contributed by atoms with E-state index in [1.54, 1.807) is 7.11 Å². The van der Waals surface area contributed by atoms with Gasteiger partial charge in [0.1, 0.15) is 5.75 Å². The Balaban J connectivity index is 1.65. The van der Waals surface area contributed by atoms with Crippen LogP contribution in [0.4, 0.5) is 0 Å². The number of rotatable bonds is 7. The molecule has 0 heterocycles. The van der Waals surface area contributed by atoms with Gasteiger partial charge in [-0.05, 0) is 36.5 Å². The molecule has 1 fully saturated rings. The topological polar surface area (TPSA) is 50.4 Å². The van der Waals surface area contributed by atoms with Crippen LogP contribution in [-0.2, 0) is 11.3 Å². The third-order valence-electron chi connectivity index (χ3n) is 3.03. The maximum atomic E-state index is 11.5. The number of hydrogen-bond donors (Lipinski definition) is 2. The van der Waals surface area contributed by atoms with Crippen LogP contribution in [0.5, 0.6) is 5.75 Å². The largest absolute Gasteiger partial charge is 0.497 e. The van der Waals surface area contributed by atoms with Crippen molar-refractivity contribution in [1.29, 1.82) is 0 Å². The van der Waals surface area contributed by atoms with Gasteiger partial charge in [0.25, 0.3) is 0 Å². The summed E-state index contributed by atoms with van der Waals surface area (Å²) in [7, 11) is 1.65. The molecule has 4 nitrogen and oxygen atoms in total. The molecule has 0 aromatic heterocycles. The Kier molecular flexibility index (Phi) is 4.59. The van der Waals surface area contributed by atoms with Crippen LogP contribution in [0.3, 0.4) is 0 Å². The van der Waals surface area contributed by atoms with E-state index in [9.17, 15) is 4.79 Å². The molecule has 18 heavy (non-hydrogen) atoms. The van der Waals surface area contributed by atoms with Gasteiger partial charge in [-0.2, -0.15) is 0 Å². The zero-order chi connectivity index (χ0) is 12.8. The quantitative estimate of drug-likeness (QED) is 0.765. The van der Waals surface area contributed by atoms with E-state index < -0.39 is 0 Å². The van der Waals surface area contributed by atoms with Crippen LogP contribution < -0.4 is 15.4 Å². The molecule has 0 saturated heterocycles. The first-order valence-electron chi connectivity index (χ1n) is 6.38. The van der Waals surface area contributed by atoms with Crippen LogP contribution in [0.1, 0.15) is 18.4 Å². The van der Waals surface area contributed by atoms with E-state index in [0.717, 1.165) is 23.8 Å². The predicted molar refractivity (Wildman–Crippen MR) is 70.4 cm³/mol. The fraction of sp³-hybridized carbons (Fsp3) is 0.500. The standard InChI is InChI=1S/C14H20N2O2/c1-18-13-4-2-3-12(7-13)8-15-10-14(17)16-9-11-5-6-11/h2-4,7,11,15H,5-6,8-10H2,1H3,(H,16,17). The highest BCUT2D eigenvalue weighted by Gasteiger charge is 2.21. The van der Waals surface area contributed by atoms with Gasteiger partial charge < -0.3 is 15.4 Å². The van der Waals surface area contributed by atoms with Gasteiger partial charge in [-0.15, -0.1) is 0 Å². The van der Waals surface area contributed by atoms with Crippen LogP contribution in [0.25, 0.3) is 0 Å². The number of benzene rings is 1. The van der Waals surface area contributed by atoms with Crippen LogP contribution in [0.2, 0.25) is 0 Å². The molecule has 1 aliphatic rings. The van der Waals surface area contributed by atoms with Crippen LogP contribution in [-0.4, -0.2) is 26.1 Å². The SMILES string of the molecule is COc1cccc(CNCC(=O)NCC2CC2)c1. The monoisotopic (exact) mass is 248 g/mol. The number of carbonyl (C=O) groups is 1. The van der Waals surface area contributed by atoms with Gasteiger partial charge in [-0.25, -0.2) is 0 Å². The maximum absolute atomic E-state index is 11.5. The van der Waals surface area contributed by atoms with E-state index in [-0.39, 0.29) is 5.91 Å². The molecule has 1 aromatic rings. The summed E-state index contributed by atoms with van der Waals surface area (Å²) in [5, 5.41) is 6.06. The summed E-state index contributed by atoms with van der Waals surface area (Å²) in [6.07, 6.45) is 2.52. The lowest BCUT2D eigenvalue weighted by Crippen LogP contribution is -2.34. The predicted octanol–water partition coefficient (Wildman–Crippen LogP) is 1.31. The van der Waals surface area contributed by atoms with Gasteiger partial charge in [-0.1, -0.05) is 12.1 Å². The van der Waals surface area contributed by atoms with E-state index >= 15 is 0 Å². The lowest BCUT2D eigenvalue weighted by atomic mass is 10.2. The molecule has 2 rings (SSSR count). The molecule has 0 atom stereocenters. The number of carbonyl (C=O) groups excluding carboxylic acids is 1. The molecular formula is C14H20N2O2. The summed E-state index contributed by atoms with van der Waals surface area (Å²) in [4.78, 5) is 11.5. The van der Waals surface area contributed by atoms with Crippen molar-refractivity contribution in [3.8, 4) is 5.75 Å². The first-order valence-corrected chi connectivity index (χ1v) is 6.38. The number of amides is 1. The highest BCUT2D eigenvalue weighted by molar-refractivity contribution is 5.77. The highest BCUT2D eigenvalue weighted by Crippen LogP contribution is 2.27. The Hall–Kier alpha value is -1.55. The van der Waals surface area contributed by atoms with Gasteiger partial charge in [0, 0.05) is 13.1 Å². The van der Waals surface area contributed by atoms with E-state index in [1.807, 2.05) is 24.3 Å². The average Bonchev–Trinajstić information content (AvgIpc) is 3.21. The van der Waals surface area contributed by atoms with Crippen molar-refractivity contribution in [2.75, 3.05) is 20.2 Å². The van der Waals surface area contributed by atoms with Crippen molar-refractivity contribution in [1.82, 2.24) is 10.6 Å². The lowest BCUT2D eigenvalue weighted by Gasteiger charge is -2.07. The van der Waals surface area contributed by atoms with Gasteiger partial charge in [0.15, 0.2) is 0 Å². The molecule has 0 spiro atoms. The second-order valence-electron chi connectivity index (χ2n) is 4.70. The first kappa shape index (κ1) is 12.9. The molecule has 0 aliphatic heterocycles. The van der Waals surface area contributed by atoms with Crippen molar-refractivity contribution < 1.29 is 9.53 Å². The lowest BCUT2D eigenvalue weighted by molar-refractivity contribution is -0.120. The zero-order valence-corrected chi connectivity index (χ0v) is 10.7. The number of methoxy groups -OCH3 is 1. The fourth-order valence-electron chi connectivity index (χ4n) is 1.75. The number of ether oxygens (including phenoxy) is 1. The average molecular weight is 248 g/mol. The van der Waals surface area contributed by atoms with Crippen molar-refractivity contribution >= 4 is 5.91 Å². The Bertz CT molecular complexity index is 403. The minimum Gasteiger partial charge on any atom is -0.497 e. The number of hydrogen-bond acceptors (Lipinski definition) is 3. The van der Waals surface area contributed by atoms with E-state index in [4.69, 9.17) is 4.74 Å². The van der Waals surface area contributed by atoms with Gasteiger partial charge in [0.2, 0.25) is 5.91 Å². The highest BCUT2D eigenvalue weighted by atomic mass is 16.5. The third kappa shape index (κ3) is 4.37. The summed E-state index contributed by atoms with van der Waals surface area (Å²) in [5.74, 6) is 1.64. The minimum absolute atomic E-state index is 0.0739. The van der Waals surface area contributed by atoms with Crippen LogP contribution >= 0.6 is 0 Å². The third-order valence-corrected chi connectivity index (χ3v) is 3.03. The second-order valence-corrected chi connectivity index (χ2v) is 4.70.